The van der Waals surface area contributed by atoms with E-state index >= 15 is 0 Å². The van der Waals surface area contributed by atoms with Crippen LogP contribution in [0.3, 0.4) is 0 Å². The highest BCUT2D eigenvalue weighted by Gasteiger charge is 2.54. The quantitative estimate of drug-likeness (QED) is 0.163. The number of benzene rings is 13. The molecular formula is C90H62N4. The molecule has 21 rings (SSSR count). The molecule has 0 saturated carbocycles. The van der Waals surface area contributed by atoms with Crippen molar-refractivity contribution in [2.45, 2.75) is 36.5 Å². The minimum Gasteiger partial charge on any atom is -0.341 e. The molecule has 0 N–H and O–H groups in total. The average Bonchev–Trinajstić information content (AvgIpc) is 1.50. The molecule has 0 saturated heterocycles. The molecule has 0 fully saturated rings. The van der Waals surface area contributed by atoms with Gasteiger partial charge in [-0.05, 0) is 237 Å². The predicted octanol–water partition coefficient (Wildman–Crippen LogP) is 23.2. The maximum atomic E-state index is 2.69. The first-order valence-electron chi connectivity index (χ1n) is 33.5. The Morgan fingerprint density at radius 1 is 0.298 bits per heavy atom. The highest BCUT2D eigenvalue weighted by molar-refractivity contribution is 6.22. The molecule has 94 heavy (non-hydrogen) atoms. The van der Waals surface area contributed by atoms with E-state index in [1.54, 1.807) is 0 Å². The van der Waals surface area contributed by atoms with E-state index < -0.39 is 10.8 Å². The molecule has 2 spiro atoms. The first-order valence-corrected chi connectivity index (χ1v) is 33.5. The fourth-order valence-corrected chi connectivity index (χ4v) is 19.1. The lowest BCUT2D eigenvalue weighted by Crippen LogP contribution is -2.27. The Hall–Kier alpha value is -11.5. The van der Waals surface area contributed by atoms with Gasteiger partial charge >= 0.3 is 0 Å². The van der Waals surface area contributed by atoms with Gasteiger partial charge in [0.15, 0.2) is 0 Å². The monoisotopic (exact) mass is 1200 g/mol. The van der Waals surface area contributed by atoms with Crippen LogP contribution in [-0.4, -0.2) is 14.1 Å². The van der Waals surface area contributed by atoms with Crippen molar-refractivity contribution in [2.24, 2.45) is 0 Å². The summed E-state index contributed by atoms with van der Waals surface area (Å²) in [5, 5.41) is 4.95. The van der Waals surface area contributed by atoms with Gasteiger partial charge in [0.1, 0.15) is 0 Å². The summed E-state index contributed by atoms with van der Waals surface area (Å²) < 4.78 is 0. The standard InChI is InChI=1S/C90H62N4/c1-91-79-35-15-19-39-83(79)93(84-40-20-16-36-80(84)91)57-45-49-67-69(53-57)87(55-43-47-65-63-27-7-13-33-75(63)89(77(65)51-55)71-29-9-3-23-59(71)60-24-4-10-30-72(60)89)68-50-46-58(94-85-41-21-17-37-81(85)92(2)82-38-18-22-42-86(82)94)54-70(68)88(67)56-44-48-66-64-28-8-14-34-76(64)90(78(66)52-56)73-31-11-5-25-61(73)62-26-6-12-32-74(62)90/h3-5,7-25,27-42,44-46,48-54H,6,26,43,47H2,1-2H3. The Labute approximate surface area is 547 Å². The highest BCUT2D eigenvalue weighted by Crippen LogP contribution is 2.67. The fraction of sp³-hybridized carbons (Fsp3) is 0.0889. The third-order valence-electron chi connectivity index (χ3n) is 22.7. The lowest BCUT2D eigenvalue weighted by Gasteiger charge is -2.39. The maximum Gasteiger partial charge on any atom is 0.0722 e. The van der Waals surface area contributed by atoms with Gasteiger partial charge in [-0.1, -0.05) is 212 Å². The minimum atomic E-state index is -0.482. The van der Waals surface area contributed by atoms with Gasteiger partial charge in [-0.15, -0.1) is 0 Å². The molecule has 0 bridgehead atoms. The molecule has 8 aliphatic rings. The van der Waals surface area contributed by atoms with Gasteiger partial charge in [-0.2, -0.15) is 0 Å². The molecule has 0 radical (unpaired) electrons. The predicted molar refractivity (Wildman–Crippen MR) is 392 cm³/mol. The van der Waals surface area contributed by atoms with Crippen LogP contribution in [0.2, 0.25) is 0 Å². The number of para-hydroxylation sites is 8. The summed E-state index contributed by atoms with van der Waals surface area (Å²) in [6, 6.07) is 105. The molecule has 4 nitrogen and oxygen atoms in total. The lowest BCUT2D eigenvalue weighted by atomic mass is 9.68. The van der Waals surface area contributed by atoms with Gasteiger partial charge in [0.05, 0.1) is 56.3 Å². The molecule has 6 aliphatic carbocycles. The lowest BCUT2D eigenvalue weighted by molar-refractivity contribution is 0.781. The second kappa shape index (κ2) is 19.1. The van der Waals surface area contributed by atoms with E-state index in [0.29, 0.717) is 0 Å². The van der Waals surface area contributed by atoms with Crippen molar-refractivity contribution in [3.63, 3.8) is 0 Å². The van der Waals surface area contributed by atoms with Crippen LogP contribution in [0, 0.1) is 0 Å². The maximum absolute atomic E-state index is 2.69. The number of fused-ring (bicyclic) bond motifs is 24. The van der Waals surface area contributed by atoms with Crippen molar-refractivity contribution in [3.05, 3.63) is 352 Å². The largest absolute Gasteiger partial charge is 0.341 e. The van der Waals surface area contributed by atoms with E-state index in [4.69, 9.17) is 0 Å². The van der Waals surface area contributed by atoms with Crippen LogP contribution in [0.4, 0.5) is 56.9 Å². The summed E-state index contributed by atoms with van der Waals surface area (Å²) in [6.07, 6.45) is 11.5. The Balaban J connectivity index is 0.894. The van der Waals surface area contributed by atoms with E-state index in [1.165, 1.54) is 156 Å². The van der Waals surface area contributed by atoms with Crippen LogP contribution in [0.15, 0.2) is 302 Å². The topological polar surface area (TPSA) is 13.0 Å². The van der Waals surface area contributed by atoms with Gasteiger partial charge in [0.25, 0.3) is 0 Å². The number of hydrogen-bond donors (Lipinski definition) is 0. The van der Waals surface area contributed by atoms with Crippen molar-refractivity contribution in [1.29, 1.82) is 0 Å². The van der Waals surface area contributed by atoms with Crippen molar-refractivity contribution >= 4 is 95.1 Å². The second-order valence-corrected chi connectivity index (χ2v) is 26.8. The zero-order valence-electron chi connectivity index (χ0n) is 52.3. The highest BCUT2D eigenvalue weighted by atomic mass is 15.3. The average molecular weight is 1200 g/mol. The molecule has 4 heteroatoms. The number of hydrogen-bond acceptors (Lipinski definition) is 4. The first-order chi connectivity index (χ1) is 46.5. The van der Waals surface area contributed by atoms with Crippen molar-refractivity contribution in [2.75, 3.05) is 33.7 Å². The van der Waals surface area contributed by atoms with Crippen LogP contribution < -0.4 is 19.6 Å². The summed E-state index contributed by atoms with van der Waals surface area (Å²) in [6.45, 7) is 0. The number of rotatable bonds is 4. The van der Waals surface area contributed by atoms with Gasteiger partial charge in [0.2, 0.25) is 0 Å². The van der Waals surface area contributed by atoms with Gasteiger partial charge in [0, 0.05) is 25.5 Å². The van der Waals surface area contributed by atoms with E-state index in [1.807, 2.05) is 0 Å². The van der Waals surface area contributed by atoms with E-state index in [-0.39, 0.29) is 0 Å². The van der Waals surface area contributed by atoms with Crippen molar-refractivity contribution in [1.82, 2.24) is 0 Å². The summed E-state index contributed by atoms with van der Waals surface area (Å²) in [5.41, 5.74) is 37.8. The van der Waals surface area contributed by atoms with E-state index in [9.17, 15) is 0 Å². The van der Waals surface area contributed by atoms with E-state index in [0.717, 1.165) is 59.8 Å². The van der Waals surface area contributed by atoms with Crippen LogP contribution >= 0.6 is 0 Å². The molecule has 13 aromatic carbocycles. The SMILES string of the molecule is CN1c2ccccc2N(c2ccc3c(-c4ccc5c(c4)C4(C6=C(CCC=C6)c6ccccc64)c4ccccc4-5)c4cc(N5c6ccccc6N(C)c6ccccc65)ccc4c(C4=CC5=C(CC4)c4ccccc4C54c5ccccc5-c5ccccc54)c3c2)c2ccccc21. The molecule has 442 valence electrons. The van der Waals surface area contributed by atoms with Crippen LogP contribution in [-0.2, 0) is 10.8 Å². The summed E-state index contributed by atoms with van der Waals surface area (Å²) in [7, 11) is 4.41. The smallest absolute Gasteiger partial charge is 0.0722 e. The molecule has 13 aromatic rings. The zero-order chi connectivity index (χ0) is 61.7. The number of anilines is 10. The minimum absolute atomic E-state index is 0.477. The third-order valence-corrected chi connectivity index (χ3v) is 22.7. The van der Waals surface area contributed by atoms with E-state index in [2.05, 4.69) is 325 Å². The molecule has 1 atom stereocenters. The van der Waals surface area contributed by atoms with Gasteiger partial charge < -0.3 is 19.6 Å². The summed E-state index contributed by atoms with van der Waals surface area (Å²) in [4.78, 5) is 9.74. The molecule has 2 heterocycles. The van der Waals surface area contributed by atoms with Crippen LogP contribution in [0.5, 0.6) is 0 Å². The molecule has 1 unspecified atom stereocenters. The molecule has 2 aliphatic heterocycles. The van der Waals surface area contributed by atoms with Crippen molar-refractivity contribution < 1.29 is 0 Å². The van der Waals surface area contributed by atoms with Gasteiger partial charge in [-0.25, -0.2) is 0 Å². The molecular weight excluding hydrogens is 1140 g/mol. The fourth-order valence-electron chi connectivity index (χ4n) is 19.1. The Morgan fingerprint density at radius 2 is 0.681 bits per heavy atom. The van der Waals surface area contributed by atoms with Crippen molar-refractivity contribution in [3.8, 4) is 33.4 Å². The Morgan fingerprint density at radius 3 is 1.17 bits per heavy atom. The third kappa shape index (κ3) is 6.57. The van der Waals surface area contributed by atoms with Gasteiger partial charge in [-0.3, -0.25) is 0 Å². The van der Waals surface area contributed by atoms with Crippen LogP contribution in [0.25, 0.3) is 71.6 Å². The van der Waals surface area contributed by atoms with Crippen LogP contribution in [0.1, 0.15) is 75.8 Å². The second-order valence-electron chi connectivity index (χ2n) is 26.8. The molecule has 0 aromatic heterocycles. The normalized spacial score (nSPS) is 17.5. The summed E-state index contributed by atoms with van der Waals surface area (Å²) >= 11 is 0. The Kier molecular flexibility index (Phi) is 10.6. The Bertz CT molecular complexity index is 5570. The molecule has 0 amide bonds. The number of nitrogens with zero attached hydrogens (tertiary/aromatic N) is 4. The summed E-state index contributed by atoms with van der Waals surface area (Å²) in [5.74, 6) is 0. The zero-order valence-corrected chi connectivity index (χ0v) is 52.3. The first kappa shape index (κ1) is 52.2. The number of allylic oxidation sites excluding steroid dienone is 8.